The molecule has 2 aliphatic rings. The number of rotatable bonds is 3. The SMILES string of the molecule is Clc1cccc(N2CCCC(NC3CC3)C2)c1Cl. The van der Waals surface area contributed by atoms with Gasteiger partial charge >= 0.3 is 0 Å². The summed E-state index contributed by atoms with van der Waals surface area (Å²) in [6.07, 6.45) is 5.17. The molecule has 1 N–H and O–H groups in total. The number of anilines is 1. The van der Waals surface area contributed by atoms with E-state index in [1.165, 1.54) is 25.7 Å². The van der Waals surface area contributed by atoms with Gasteiger partial charge in [0.15, 0.2) is 0 Å². The normalized spacial score (nSPS) is 24.3. The van der Waals surface area contributed by atoms with Crippen molar-refractivity contribution in [2.24, 2.45) is 0 Å². The minimum absolute atomic E-state index is 0.598. The van der Waals surface area contributed by atoms with E-state index in [0.717, 1.165) is 24.8 Å². The minimum atomic E-state index is 0.598. The molecule has 18 heavy (non-hydrogen) atoms. The van der Waals surface area contributed by atoms with Gasteiger partial charge < -0.3 is 10.2 Å². The van der Waals surface area contributed by atoms with Gasteiger partial charge in [-0.05, 0) is 37.8 Å². The smallest absolute Gasteiger partial charge is 0.0825 e. The summed E-state index contributed by atoms with van der Waals surface area (Å²) in [5, 5.41) is 5.04. The Kier molecular flexibility index (Phi) is 3.69. The van der Waals surface area contributed by atoms with Gasteiger partial charge in [-0.25, -0.2) is 0 Å². The van der Waals surface area contributed by atoms with Gasteiger partial charge in [0.25, 0.3) is 0 Å². The summed E-state index contributed by atoms with van der Waals surface area (Å²) in [7, 11) is 0. The number of hydrogen-bond acceptors (Lipinski definition) is 2. The van der Waals surface area contributed by atoms with Crippen molar-refractivity contribution in [3.05, 3.63) is 28.2 Å². The molecule has 1 aromatic carbocycles. The second-order valence-corrected chi connectivity index (χ2v) is 6.08. The van der Waals surface area contributed by atoms with Gasteiger partial charge in [-0.15, -0.1) is 0 Å². The molecular formula is C14H18Cl2N2. The lowest BCUT2D eigenvalue weighted by Crippen LogP contribution is -2.46. The zero-order valence-electron chi connectivity index (χ0n) is 10.3. The molecule has 1 aliphatic carbocycles. The standard InChI is InChI=1S/C14H18Cl2N2/c15-12-4-1-5-13(14(12)16)18-8-2-3-11(9-18)17-10-6-7-10/h1,4-5,10-11,17H,2-3,6-9H2. The molecule has 2 nitrogen and oxygen atoms in total. The topological polar surface area (TPSA) is 15.3 Å². The first-order valence-corrected chi connectivity index (χ1v) is 7.44. The Balaban J connectivity index is 1.72. The van der Waals surface area contributed by atoms with E-state index in [-0.39, 0.29) is 0 Å². The van der Waals surface area contributed by atoms with Crippen LogP contribution in [-0.4, -0.2) is 25.2 Å². The van der Waals surface area contributed by atoms with Crippen LogP contribution >= 0.6 is 23.2 Å². The number of hydrogen-bond donors (Lipinski definition) is 1. The number of nitrogens with zero attached hydrogens (tertiary/aromatic N) is 1. The molecule has 1 atom stereocenters. The third-order valence-electron chi connectivity index (χ3n) is 3.74. The molecule has 3 rings (SSSR count). The molecule has 1 aliphatic heterocycles. The van der Waals surface area contributed by atoms with E-state index in [2.05, 4.69) is 16.3 Å². The maximum absolute atomic E-state index is 6.30. The molecule has 4 heteroatoms. The Morgan fingerprint density at radius 3 is 2.72 bits per heavy atom. The van der Waals surface area contributed by atoms with Crippen molar-refractivity contribution in [1.82, 2.24) is 5.32 Å². The van der Waals surface area contributed by atoms with Crippen molar-refractivity contribution in [1.29, 1.82) is 0 Å². The largest absolute Gasteiger partial charge is 0.369 e. The number of benzene rings is 1. The summed E-state index contributed by atoms with van der Waals surface area (Å²) in [6, 6.07) is 7.25. The van der Waals surface area contributed by atoms with E-state index >= 15 is 0 Å². The highest BCUT2D eigenvalue weighted by atomic mass is 35.5. The van der Waals surface area contributed by atoms with Crippen LogP contribution in [-0.2, 0) is 0 Å². The first-order valence-electron chi connectivity index (χ1n) is 6.69. The zero-order chi connectivity index (χ0) is 12.5. The van der Waals surface area contributed by atoms with Crippen molar-refractivity contribution in [3.63, 3.8) is 0 Å². The second-order valence-electron chi connectivity index (χ2n) is 5.30. The molecule has 1 heterocycles. The molecule has 0 amide bonds. The predicted octanol–water partition coefficient (Wildman–Crippen LogP) is 3.71. The van der Waals surface area contributed by atoms with Crippen molar-refractivity contribution < 1.29 is 0 Å². The van der Waals surface area contributed by atoms with Crippen LogP contribution in [0, 0.1) is 0 Å². The molecular weight excluding hydrogens is 267 g/mol. The summed E-state index contributed by atoms with van der Waals surface area (Å²) in [4.78, 5) is 2.36. The summed E-state index contributed by atoms with van der Waals surface area (Å²) < 4.78 is 0. The summed E-state index contributed by atoms with van der Waals surface area (Å²) in [6.45, 7) is 2.11. The molecule has 98 valence electrons. The number of nitrogens with one attached hydrogen (secondary N) is 1. The van der Waals surface area contributed by atoms with Crippen molar-refractivity contribution in [3.8, 4) is 0 Å². The van der Waals surface area contributed by atoms with E-state index in [9.17, 15) is 0 Å². The molecule has 0 spiro atoms. The highest BCUT2D eigenvalue weighted by Crippen LogP contribution is 2.34. The van der Waals surface area contributed by atoms with Gasteiger partial charge in [0.05, 0.1) is 15.7 Å². The lowest BCUT2D eigenvalue weighted by Gasteiger charge is -2.35. The first-order chi connectivity index (χ1) is 8.74. The molecule has 0 radical (unpaired) electrons. The monoisotopic (exact) mass is 284 g/mol. The molecule has 2 fully saturated rings. The van der Waals surface area contributed by atoms with Gasteiger partial charge in [-0.3, -0.25) is 0 Å². The van der Waals surface area contributed by atoms with Gasteiger partial charge in [0.1, 0.15) is 0 Å². The minimum Gasteiger partial charge on any atom is -0.369 e. The van der Waals surface area contributed by atoms with Crippen LogP contribution in [0.5, 0.6) is 0 Å². The van der Waals surface area contributed by atoms with E-state index in [1.54, 1.807) is 0 Å². The number of halogens is 2. The quantitative estimate of drug-likeness (QED) is 0.910. The fourth-order valence-corrected chi connectivity index (χ4v) is 3.07. The molecule has 1 saturated heterocycles. The maximum Gasteiger partial charge on any atom is 0.0825 e. The Hall–Kier alpha value is -0.440. The van der Waals surface area contributed by atoms with Gasteiger partial charge in [-0.2, -0.15) is 0 Å². The molecule has 0 aromatic heterocycles. The van der Waals surface area contributed by atoms with Crippen LogP contribution in [0.25, 0.3) is 0 Å². The maximum atomic E-state index is 6.30. The molecule has 0 bridgehead atoms. The van der Waals surface area contributed by atoms with Crippen LogP contribution in [0.1, 0.15) is 25.7 Å². The zero-order valence-corrected chi connectivity index (χ0v) is 11.8. The third-order valence-corrected chi connectivity index (χ3v) is 4.55. The van der Waals surface area contributed by atoms with E-state index in [1.807, 2.05) is 12.1 Å². The fourth-order valence-electron chi connectivity index (χ4n) is 2.65. The van der Waals surface area contributed by atoms with Gasteiger partial charge in [-0.1, -0.05) is 29.3 Å². The lowest BCUT2D eigenvalue weighted by molar-refractivity contribution is 0.420. The highest BCUT2D eigenvalue weighted by Gasteiger charge is 2.28. The Morgan fingerprint density at radius 1 is 1.11 bits per heavy atom. The average molecular weight is 285 g/mol. The summed E-state index contributed by atoms with van der Waals surface area (Å²) in [5.41, 5.74) is 1.08. The van der Waals surface area contributed by atoms with Crippen molar-refractivity contribution >= 4 is 28.9 Å². The van der Waals surface area contributed by atoms with E-state index in [4.69, 9.17) is 23.2 Å². The van der Waals surface area contributed by atoms with Crippen LogP contribution < -0.4 is 10.2 Å². The van der Waals surface area contributed by atoms with E-state index < -0.39 is 0 Å². The van der Waals surface area contributed by atoms with Crippen LogP contribution in [0.2, 0.25) is 10.0 Å². The van der Waals surface area contributed by atoms with Crippen LogP contribution in [0.15, 0.2) is 18.2 Å². The van der Waals surface area contributed by atoms with Crippen molar-refractivity contribution in [2.45, 2.75) is 37.8 Å². The van der Waals surface area contributed by atoms with Crippen LogP contribution in [0.3, 0.4) is 0 Å². The first kappa shape index (κ1) is 12.6. The number of piperidine rings is 1. The van der Waals surface area contributed by atoms with Crippen molar-refractivity contribution in [2.75, 3.05) is 18.0 Å². The Bertz CT molecular complexity index is 432. The molecule has 1 saturated carbocycles. The average Bonchev–Trinajstić information content (AvgIpc) is 3.17. The fraction of sp³-hybridized carbons (Fsp3) is 0.571. The third kappa shape index (κ3) is 2.76. The van der Waals surface area contributed by atoms with Gasteiger partial charge in [0.2, 0.25) is 0 Å². The predicted molar refractivity (Wildman–Crippen MR) is 77.9 cm³/mol. The Morgan fingerprint density at radius 2 is 1.94 bits per heavy atom. The summed E-state index contributed by atoms with van der Waals surface area (Å²) >= 11 is 12.4. The molecule has 1 unspecified atom stereocenters. The lowest BCUT2D eigenvalue weighted by atomic mass is 10.0. The molecule has 1 aromatic rings. The summed E-state index contributed by atoms with van der Waals surface area (Å²) in [5.74, 6) is 0. The van der Waals surface area contributed by atoms with Crippen LogP contribution in [0.4, 0.5) is 5.69 Å². The van der Waals surface area contributed by atoms with Gasteiger partial charge in [0, 0.05) is 25.2 Å². The Labute approximate surface area is 118 Å². The highest BCUT2D eigenvalue weighted by molar-refractivity contribution is 6.43. The van der Waals surface area contributed by atoms with E-state index in [0.29, 0.717) is 16.1 Å². The second kappa shape index (κ2) is 5.28.